The summed E-state index contributed by atoms with van der Waals surface area (Å²) < 4.78 is 24.8. The molecule has 0 N–H and O–H groups in total. The molecule has 0 unspecified atom stereocenters. The number of halogens is 2. The van der Waals surface area contributed by atoms with Crippen LogP contribution in [0.15, 0.2) is 30.3 Å². The molecule has 0 aliphatic heterocycles. The second-order valence-electron chi connectivity index (χ2n) is 3.18. The minimum atomic E-state index is -0.297. The zero-order valence-corrected chi connectivity index (χ0v) is 7.55. The average Bonchev–Trinajstić information content (AvgIpc) is 2.19. The Kier molecular flexibility index (Phi) is 2.08. The first kappa shape index (κ1) is 8.94. The van der Waals surface area contributed by atoms with Crippen LogP contribution in [0.5, 0.6) is 5.75 Å². The van der Waals surface area contributed by atoms with Gasteiger partial charge in [0.1, 0.15) is 5.82 Å². The fourth-order valence-electron chi connectivity index (χ4n) is 1.53. The summed E-state index contributed by atoms with van der Waals surface area (Å²) in [5.41, 5.74) is 0.787. The van der Waals surface area contributed by atoms with Crippen molar-refractivity contribution in [2.45, 2.75) is 6.92 Å². The smallest absolute Gasteiger partial charge is 0.172 e. The molecule has 0 heterocycles. The van der Waals surface area contributed by atoms with Crippen LogP contribution in [0.2, 0.25) is 0 Å². The summed E-state index contributed by atoms with van der Waals surface area (Å²) in [5.74, 6) is -0.156. The summed E-state index contributed by atoms with van der Waals surface area (Å²) in [6, 6.07) is 7.42. The molecule has 2 aromatic rings. The van der Waals surface area contributed by atoms with Crippen LogP contribution in [-0.4, -0.2) is 0 Å². The van der Waals surface area contributed by atoms with E-state index >= 15 is 0 Å². The van der Waals surface area contributed by atoms with Gasteiger partial charge in [-0.1, -0.05) is 6.07 Å². The molecule has 0 saturated heterocycles. The molecule has 0 aliphatic rings. The lowest BCUT2D eigenvalue weighted by Gasteiger charge is -2.03. The molecule has 14 heavy (non-hydrogen) atoms. The van der Waals surface area contributed by atoms with E-state index in [2.05, 4.69) is 4.94 Å². The van der Waals surface area contributed by atoms with Crippen molar-refractivity contribution in [1.29, 1.82) is 0 Å². The summed E-state index contributed by atoms with van der Waals surface area (Å²) in [6.07, 6.45) is 0. The molecule has 0 atom stereocenters. The van der Waals surface area contributed by atoms with Crippen LogP contribution < -0.4 is 4.94 Å². The van der Waals surface area contributed by atoms with Crippen LogP contribution in [0.4, 0.5) is 8.92 Å². The number of fused-ring (bicyclic) bond motifs is 1. The van der Waals surface area contributed by atoms with E-state index in [-0.39, 0.29) is 11.6 Å². The molecule has 0 radical (unpaired) electrons. The quantitative estimate of drug-likeness (QED) is 0.674. The van der Waals surface area contributed by atoms with Crippen LogP contribution >= 0.6 is 0 Å². The maximum Gasteiger partial charge on any atom is 0.172 e. The Morgan fingerprint density at radius 2 is 1.93 bits per heavy atom. The average molecular weight is 194 g/mol. The van der Waals surface area contributed by atoms with Crippen molar-refractivity contribution in [2.75, 3.05) is 0 Å². The van der Waals surface area contributed by atoms with Crippen molar-refractivity contribution in [3.8, 4) is 5.75 Å². The summed E-state index contributed by atoms with van der Waals surface area (Å²) in [5, 5.41) is 1.53. The topological polar surface area (TPSA) is 9.23 Å². The molecular weight excluding hydrogens is 186 g/mol. The normalized spacial score (nSPS) is 10.5. The monoisotopic (exact) mass is 194 g/mol. The van der Waals surface area contributed by atoms with E-state index in [9.17, 15) is 8.92 Å². The summed E-state index contributed by atoms with van der Waals surface area (Å²) in [6.45, 7) is 1.78. The lowest BCUT2D eigenvalue weighted by Crippen LogP contribution is -1.83. The van der Waals surface area contributed by atoms with Gasteiger partial charge in [-0.05, 0) is 47.5 Å². The Bertz CT molecular complexity index is 480. The van der Waals surface area contributed by atoms with Gasteiger partial charge < -0.3 is 0 Å². The van der Waals surface area contributed by atoms with E-state index in [0.717, 1.165) is 16.3 Å². The van der Waals surface area contributed by atoms with Gasteiger partial charge >= 0.3 is 0 Å². The minimum Gasteiger partial charge on any atom is -0.294 e. The number of rotatable bonds is 1. The van der Waals surface area contributed by atoms with Crippen LogP contribution in [0, 0.1) is 12.7 Å². The molecule has 72 valence electrons. The molecule has 2 rings (SSSR count). The van der Waals surface area contributed by atoms with E-state index in [1.165, 1.54) is 24.3 Å². The predicted octanol–water partition coefficient (Wildman–Crippen LogP) is 3.55. The van der Waals surface area contributed by atoms with Gasteiger partial charge in [0.2, 0.25) is 0 Å². The molecule has 2 aromatic carbocycles. The standard InChI is InChI=1S/C11H8F2O/c1-7-4-10(14-13)5-8-2-3-9(12)6-11(7)8/h2-6H,1H3. The van der Waals surface area contributed by atoms with E-state index in [4.69, 9.17) is 0 Å². The fourth-order valence-corrected chi connectivity index (χ4v) is 1.53. The zero-order chi connectivity index (χ0) is 10.1. The highest BCUT2D eigenvalue weighted by Crippen LogP contribution is 2.25. The molecule has 0 saturated carbocycles. The van der Waals surface area contributed by atoms with Gasteiger partial charge in [0.25, 0.3) is 0 Å². The van der Waals surface area contributed by atoms with Crippen molar-refractivity contribution in [3.05, 3.63) is 41.7 Å². The Labute approximate surface area is 79.8 Å². The van der Waals surface area contributed by atoms with Crippen LogP contribution in [0.1, 0.15) is 5.56 Å². The molecule has 0 aromatic heterocycles. The molecule has 3 heteroatoms. The summed E-state index contributed by atoms with van der Waals surface area (Å²) in [7, 11) is 0. The van der Waals surface area contributed by atoms with E-state index in [0.29, 0.717) is 0 Å². The Balaban J connectivity index is 2.76. The Morgan fingerprint density at radius 1 is 1.14 bits per heavy atom. The number of hydrogen-bond acceptors (Lipinski definition) is 1. The van der Waals surface area contributed by atoms with E-state index < -0.39 is 0 Å². The van der Waals surface area contributed by atoms with Gasteiger partial charge in [-0.25, -0.2) is 4.39 Å². The lowest BCUT2D eigenvalue weighted by atomic mass is 10.1. The van der Waals surface area contributed by atoms with Gasteiger partial charge in [0.15, 0.2) is 5.75 Å². The van der Waals surface area contributed by atoms with Crippen LogP contribution in [0.3, 0.4) is 0 Å². The molecule has 1 nitrogen and oxygen atoms in total. The third-order valence-electron chi connectivity index (χ3n) is 2.19. The van der Waals surface area contributed by atoms with Crippen molar-refractivity contribution in [3.63, 3.8) is 0 Å². The lowest BCUT2D eigenvalue weighted by molar-refractivity contribution is -0.00609. The second kappa shape index (κ2) is 3.25. The fraction of sp³-hybridized carbons (Fsp3) is 0.0909. The second-order valence-corrected chi connectivity index (χ2v) is 3.18. The number of aryl methyl sites for hydroxylation is 1. The largest absolute Gasteiger partial charge is 0.294 e. The molecule has 0 amide bonds. The highest BCUT2D eigenvalue weighted by Gasteiger charge is 2.03. The third kappa shape index (κ3) is 1.41. The zero-order valence-electron chi connectivity index (χ0n) is 7.55. The Morgan fingerprint density at radius 3 is 2.64 bits per heavy atom. The van der Waals surface area contributed by atoms with Gasteiger partial charge in [-0.15, -0.1) is 0 Å². The van der Waals surface area contributed by atoms with Crippen LogP contribution in [-0.2, 0) is 0 Å². The van der Waals surface area contributed by atoms with Crippen molar-refractivity contribution < 1.29 is 13.9 Å². The predicted molar refractivity (Wildman–Crippen MR) is 50.4 cm³/mol. The molecule has 0 aliphatic carbocycles. The van der Waals surface area contributed by atoms with Crippen molar-refractivity contribution in [2.24, 2.45) is 0 Å². The van der Waals surface area contributed by atoms with Gasteiger partial charge in [-0.2, -0.15) is 0 Å². The minimum absolute atomic E-state index is 0.140. The molecule has 0 fully saturated rings. The molecule has 0 spiro atoms. The van der Waals surface area contributed by atoms with Gasteiger partial charge in [-0.3, -0.25) is 4.94 Å². The maximum atomic E-state index is 12.9. The van der Waals surface area contributed by atoms with E-state index in [1.54, 1.807) is 13.0 Å². The summed E-state index contributed by atoms with van der Waals surface area (Å²) in [4.78, 5) is 3.64. The SMILES string of the molecule is Cc1cc(OF)cc2ccc(F)cc12. The first-order chi connectivity index (χ1) is 6.70. The highest BCUT2D eigenvalue weighted by atomic mass is 19.3. The summed E-state index contributed by atoms with van der Waals surface area (Å²) >= 11 is 0. The number of hydrogen-bond donors (Lipinski definition) is 0. The molecular formula is C11H8F2O. The number of benzene rings is 2. The highest BCUT2D eigenvalue weighted by molar-refractivity contribution is 5.87. The van der Waals surface area contributed by atoms with Gasteiger partial charge in [0, 0.05) is 4.53 Å². The third-order valence-corrected chi connectivity index (χ3v) is 2.19. The van der Waals surface area contributed by atoms with Gasteiger partial charge in [0.05, 0.1) is 0 Å². The van der Waals surface area contributed by atoms with Crippen molar-refractivity contribution in [1.82, 2.24) is 0 Å². The maximum absolute atomic E-state index is 12.9. The molecule has 0 bridgehead atoms. The first-order valence-corrected chi connectivity index (χ1v) is 4.19. The van der Waals surface area contributed by atoms with E-state index in [1.807, 2.05) is 0 Å². The van der Waals surface area contributed by atoms with Crippen molar-refractivity contribution >= 4 is 10.8 Å². The van der Waals surface area contributed by atoms with Crippen LogP contribution in [0.25, 0.3) is 10.8 Å². The Hall–Kier alpha value is -1.64. The first-order valence-electron chi connectivity index (χ1n) is 4.19.